The van der Waals surface area contributed by atoms with Crippen molar-refractivity contribution in [2.45, 2.75) is 32.3 Å². The van der Waals surface area contributed by atoms with Crippen molar-refractivity contribution in [3.8, 4) is 0 Å². The van der Waals surface area contributed by atoms with Crippen LogP contribution >= 0.6 is 0 Å². The summed E-state index contributed by atoms with van der Waals surface area (Å²) in [6.45, 7) is 5.46. The van der Waals surface area contributed by atoms with Crippen LogP contribution in [0.4, 0.5) is 0 Å². The fraction of sp³-hybridized carbons (Fsp3) is 0.706. The molecule has 0 spiro atoms. The Morgan fingerprint density at radius 3 is 2.74 bits per heavy atom. The lowest BCUT2D eigenvalue weighted by Crippen LogP contribution is -2.38. The number of esters is 3. The SMILES string of the molecule is C=C(C)C(=O)OCCCC1C2CC3C1OC(=O)C3C2C(=O)OC. The molecule has 2 bridgehead atoms. The zero-order chi connectivity index (χ0) is 16.7. The lowest BCUT2D eigenvalue weighted by molar-refractivity contribution is -0.153. The van der Waals surface area contributed by atoms with E-state index in [0.29, 0.717) is 18.6 Å². The van der Waals surface area contributed by atoms with E-state index >= 15 is 0 Å². The highest BCUT2D eigenvalue weighted by molar-refractivity contribution is 5.87. The minimum atomic E-state index is -0.391. The van der Waals surface area contributed by atoms with E-state index in [9.17, 15) is 14.4 Å². The average molecular weight is 322 g/mol. The molecule has 6 heteroatoms. The molecule has 2 aliphatic carbocycles. The van der Waals surface area contributed by atoms with E-state index in [1.54, 1.807) is 6.92 Å². The number of hydrogen-bond acceptors (Lipinski definition) is 6. The van der Waals surface area contributed by atoms with Gasteiger partial charge in [0.1, 0.15) is 6.10 Å². The van der Waals surface area contributed by atoms with Crippen molar-refractivity contribution in [2.75, 3.05) is 13.7 Å². The molecule has 6 nitrogen and oxygen atoms in total. The van der Waals surface area contributed by atoms with Crippen LogP contribution in [0.3, 0.4) is 0 Å². The van der Waals surface area contributed by atoms with E-state index in [1.807, 2.05) is 0 Å². The predicted molar refractivity (Wildman–Crippen MR) is 79.0 cm³/mol. The molecule has 0 radical (unpaired) electrons. The van der Waals surface area contributed by atoms with Gasteiger partial charge in [-0.15, -0.1) is 0 Å². The van der Waals surface area contributed by atoms with E-state index in [1.165, 1.54) is 7.11 Å². The van der Waals surface area contributed by atoms with Crippen LogP contribution in [0.1, 0.15) is 26.2 Å². The number of rotatable bonds is 6. The molecule has 3 rings (SSSR count). The molecule has 1 aliphatic heterocycles. The quantitative estimate of drug-likeness (QED) is 0.319. The van der Waals surface area contributed by atoms with E-state index in [4.69, 9.17) is 14.2 Å². The van der Waals surface area contributed by atoms with E-state index in [2.05, 4.69) is 6.58 Å². The van der Waals surface area contributed by atoms with Gasteiger partial charge >= 0.3 is 17.9 Å². The standard InChI is InChI=1S/C17H22O6/c1-8(2)15(18)22-6-4-5-9-10-7-11-13(12(10)16(19)21-3)17(20)23-14(9)11/h9-14H,1,4-7H2,2-3H3. The van der Waals surface area contributed by atoms with Crippen molar-refractivity contribution >= 4 is 17.9 Å². The number of hydrogen-bond donors (Lipinski definition) is 0. The van der Waals surface area contributed by atoms with E-state index in [0.717, 1.165) is 12.8 Å². The Kier molecular flexibility index (Phi) is 4.17. The maximum absolute atomic E-state index is 12.1. The van der Waals surface area contributed by atoms with Crippen LogP contribution in [-0.2, 0) is 28.6 Å². The van der Waals surface area contributed by atoms with Crippen molar-refractivity contribution in [3.63, 3.8) is 0 Å². The molecule has 0 aromatic heterocycles. The van der Waals surface area contributed by atoms with Gasteiger partial charge in [-0.3, -0.25) is 9.59 Å². The highest BCUT2D eigenvalue weighted by Crippen LogP contribution is 2.61. The molecular weight excluding hydrogens is 300 g/mol. The molecular formula is C17H22O6. The van der Waals surface area contributed by atoms with Gasteiger partial charge < -0.3 is 14.2 Å². The van der Waals surface area contributed by atoms with Crippen molar-refractivity contribution in [1.29, 1.82) is 0 Å². The van der Waals surface area contributed by atoms with Gasteiger partial charge in [0.05, 0.1) is 25.6 Å². The van der Waals surface area contributed by atoms with Gasteiger partial charge in [-0.25, -0.2) is 4.79 Å². The van der Waals surface area contributed by atoms with Crippen molar-refractivity contribution in [2.24, 2.45) is 29.6 Å². The Balaban J connectivity index is 1.61. The molecule has 0 aromatic rings. The largest absolute Gasteiger partial charge is 0.469 e. The molecule has 23 heavy (non-hydrogen) atoms. The van der Waals surface area contributed by atoms with Gasteiger partial charge in [0.15, 0.2) is 0 Å². The maximum Gasteiger partial charge on any atom is 0.333 e. The van der Waals surface area contributed by atoms with Gasteiger partial charge in [-0.1, -0.05) is 6.58 Å². The second kappa shape index (κ2) is 5.98. The summed E-state index contributed by atoms with van der Waals surface area (Å²) >= 11 is 0. The molecule has 1 heterocycles. The summed E-state index contributed by atoms with van der Waals surface area (Å²) in [5, 5.41) is 0. The summed E-state index contributed by atoms with van der Waals surface area (Å²) in [7, 11) is 1.36. The first-order valence-corrected chi connectivity index (χ1v) is 8.06. The summed E-state index contributed by atoms with van der Waals surface area (Å²) in [5.41, 5.74) is 0.378. The minimum absolute atomic E-state index is 0.0877. The van der Waals surface area contributed by atoms with Crippen molar-refractivity contribution in [1.82, 2.24) is 0 Å². The molecule has 6 atom stereocenters. The molecule has 126 valence electrons. The van der Waals surface area contributed by atoms with Crippen LogP contribution in [0.5, 0.6) is 0 Å². The van der Waals surface area contributed by atoms with Gasteiger partial charge in [-0.05, 0) is 32.1 Å². The molecule has 6 unspecified atom stereocenters. The monoisotopic (exact) mass is 322 g/mol. The second-order valence-corrected chi connectivity index (χ2v) is 6.76. The number of ether oxygens (including phenoxy) is 3. The van der Waals surface area contributed by atoms with Crippen LogP contribution in [0.2, 0.25) is 0 Å². The number of carbonyl (C=O) groups excluding carboxylic acids is 3. The first-order valence-electron chi connectivity index (χ1n) is 8.06. The smallest absolute Gasteiger partial charge is 0.333 e. The fourth-order valence-corrected chi connectivity index (χ4v) is 4.63. The van der Waals surface area contributed by atoms with E-state index in [-0.39, 0.29) is 47.6 Å². The van der Waals surface area contributed by atoms with Crippen LogP contribution in [0.15, 0.2) is 12.2 Å². The third kappa shape index (κ3) is 2.54. The molecule has 0 aromatic carbocycles. The van der Waals surface area contributed by atoms with Crippen molar-refractivity contribution in [3.05, 3.63) is 12.2 Å². The summed E-state index contributed by atoms with van der Waals surface area (Å²) in [6, 6.07) is 0. The molecule has 0 N–H and O–H groups in total. The Hall–Kier alpha value is -1.85. The highest BCUT2D eigenvalue weighted by atomic mass is 16.6. The van der Waals surface area contributed by atoms with E-state index < -0.39 is 5.97 Å². The summed E-state index contributed by atoms with van der Waals surface area (Å²) in [4.78, 5) is 35.5. The Morgan fingerprint density at radius 2 is 2.09 bits per heavy atom. The maximum atomic E-state index is 12.1. The predicted octanol–water partition coefficient (Wildman–Crippen LogP) is 1.48. The van der Waals surface area contributed by atoms with Gasteiger partial charge in [0.25, 0.3) is 0 Å². The van der Waals surface area contributed by atoms with Crippen LogP contribution in [0, 0.1) is 29.6 Å². The molecule has 2 saturated carbocycles. The first-order chi connectivity index (χ1) is 11.0. The van der Waals surface area contributed by atoms with Gasteiger partial charge in [0, 0.05) is 17.4 Å². The molecule has 1 saturated heterocycles. The van der Waals surface area contributed by atoms with Gasteiger partial charge in [-0.2, -0.15) is 0 Å². The lowest BCUT2D eigenvalue weighted by atomic mass is 9.73. The Labute approximate surface area is 135 Å². The fourth-order valence-electron chi connectivity index (χ4n) is 4.63. The highest BCUT2D eigenvalue weighted by Gasteiger charge is 2.68. The normalized spacial score (nSPS) is 36.7. The minimum Gasteiger partial charge on any atom is -0.469 e. The topological polar surface area (TPSA) is 78.9 Å². The summed E-state index contributed by atoms with van der Waals surface area (Å²) < 4.78 is 15.5. The van der Waals surface area contributed by atoms with Gasteiger partial charge in [0.2, 0.25) is 0 Å². The third-order valence-electron chi connectivity index (χ3n) is 5.51. The first kappa shape index (κ1) is 16.0. The van der Waals surface area contributed by atoms with Crippen LogP contribution in [0.25, 0.3) is 0 Å². The molecule has 0 amide bonds. The molecule has 3 aliphatic rings. The molecule has 3 fully saturated rings. The third-order valence-corrected chi connectivity index (χ3v) is 5.51. The summed E-state index contributed by atoms with van der Waals surface area (Å²) in [5.74, 6) is -1.24. The van der Waals surface area contributed by atoms with Crippen LogP contribution in [-0.4, -0.2) is 37.7 Å². The average Bonchev–Trinajstić information content (AvgIpc) is 3.12. The second-order valence-electron chi connectivity index (χ2n) is 6.76. The number of carbonyl (C=O) groups is 3. The Morgan fingerprint density at radius 1 is 1.35 bits per heavy atom. The van der Waals surface area contributed by atoms with Crippen molar-refractivity contribution < 1.29 is 28.6 Å². The lowest BCUT2D eigenvalue weighted by Gasteiger charge is -2.30. The zero-order valence-corrected chi connectivity index (χ0v) is 13.4. The zero-order valence-electron chi connectivity index (χ0n) is 13.4. The Bertz CT molecular complexity index is 553. The number of methoxy groups -OCH3 is 1. The van der Waals surface area contributed by atoms with Crippen LogP contribution < -0.4 is 0 Å². The summed E-state index contributed by atoms with van der Waals surface area (Å²) in [6.07, 6.45) is 2.20. The number of fused-ring (bicyclic) bond motifs is 1.